The Balaban J connectivity index is 1.68. The summed E-state index contributed by atoms with van der Waals surface area (Å²) in [5.41, 5.74) is 0.978. The van der Waals surface area contributed by atoms with Gasteiger partial charge in [0.2, 0.25) is 5.82 Å². The highest BCUT2D eigenvalue weighted by molar-refractivity contribution is 5.93. The van der Waals surface area contributed by atoms with Gasteiger partial charge in [-0.05, 0) is 18.2 Å². The first-order chi connectivity index (χ1) is 12.6. The van der Waals surface area contributed by atoms with Crippen molar-refractivity contribution in [2.24, 2.45) is 0 Å². The molecule has 26 heavy (non-hydrogen) atoms. The fourth-order valence-electron chi connectivity index (χ4n) is 2.24. The number of rotatable bonds is 5. The van der Waals surface area contributed by atoms with E-state index >= 15 is 0 Å². The van der Waals surface area contributed by atoms with Crippen LogP contribution in [0.25, 0.3) is 11.4 Å². The number of benzene rings is 1. The summed E-state index contributed by atoms with van der Waals surface area (Å²) in [7, 11) is 1.24. The van der Waals surface area contributed by atoms with E-state index in [1.807, 2.05) is 0 Å². The molecule has 1 amide bonds. The third-order valence-electron chi connectivity index (χ3n) is 3.64. The summed E-state index contributed by atoms with van der Waals surface area (Å²) in [4.78, 5) is 24.3. The van der Waals surface area contributed by atoms with Crippen LogP contribution in [-0.4, -0.2) is 28.0 Å². The van der Waals surface area contributed by atoms with E-state index in [2.05, 4.69) is 20.3 Å². The summed E-state index contributed by atoms with van der Waals surface area (Å²) >= 11 is 0. The summed E-state index contributed by atoms with van der Waals surface area (Å²) in [5, 5.41) is 2.50. The Morgan fingerprint density at radius 3 is 2.42 bits per heavy atom. The number of methoxy groups -OCH3 is 1. The topological polar surface area (TPSA) is 77.0 Å². The van der Waals surface area contributed by atoms with E-state index in [0.717, 1.165) is 5.56 Å². The Morgan fingerprint density at radius 1 is 1.08 bits per heavy atom. The van der Waals surface area contributed by atoms with E-state index in [0.29, 0.717) is 5.82 Å². The molecule has 0 radical (unpaired) electrons. The molecule has 0 saturated heterocycles. The highest BCUT2D eigenvalue weighted by atomic mass is 19.2. The molecule has 0 saturated carbocycles. The molecule has 132 valence electrons. The summed E-state index contributed by atoms with van der Waals surface area (Å²) in [5.74, 6) is -2.40. The van der Waals surface area contributed by atoms with Crippen LogP contribution in [0.5, 0.6) is 5.75 Å². The lowest BCUT2D eigenvalue weighted by Gasteiger charge is -2.09. The molecule has 0 bridgehead atoms. The maximum absolute atomic E-state index is 13.9. The second-order valence-electron chi connectivity index (χ2n) is 5.27. The normalized spacial score (nSPS) is 10.4. The molecule has 1 N–H and O–H groups in total. The van der Waals surface area contributed by atoms with Crippen molar-refractivity contribution in [3.63, 3.8) is 0 Å². The predicted molar refractivity (Wildman–Crippen MR) is 89.3 cm³/mol. The van der Waals surface area contributed by atoms with Gasteiger partial charge in [-0.1, -0.05) is 6.07 Å². The second-order valence-corrected chi connectivity index (χ2v) is 5.27. The lowest BCUT2D eigenvalue weighted by Crippen LogP contribution is -2.24. The van der Waals surface area contributed by atoms with Crippen LogP contribution in [0.1, 0.15) is 15.9 Å². The van der Waals surface area contributed by atoms with Gasteiger partial charge < -0.3 is 10.1 Å². The van der Waals surface area contributed by atoms with Crippen molar-refractivity contribution in [1.29, 1.82) is 0 Å². The molecule has 2 aromatic heterocycles. The lowest BCUT2D eigenvalue weighted by atomic mass is 10.2. The van der Waals surface area contributed by atoms with Crippen molar-refractivity contribution < 1.29 is 18.3 Å². The molecule has 2 heterocycles. The van der Waals surface area contributed by atoms with Crippen molar-refractivity contribution >= 4 is 5.91 Å². The maximum Gasteiger partial charge on any atom is 0.254 e. The molecule has 3 rings (SSSR count). The molecule has 0 atom stereocenters. The number of hydrogen-bond donors (Lipinski definition) is 1. The number of aromatic nitrogens is 3. The Hall–Kier alpha value is -3.42. The standard InChI is InChI=1S/C18H14F2N4O2/c1-26-14-3-2-12(15(19)16(14)20)8-24-18(25)13-9-22-17(23-10-13)11-4-6-21-7-5-11/h2-7,9-10H,8H2,1H3,(H,24,25). The van der Waals surface area contributed by atoms with E-state index < -0.39 is 17.5 Å². The van der Waals surface area contributed by atoms with Crippen LogP contribution in [0.15, 0.2) is 49.1 Å². The molecular weight excluding hydrogens is 342 g/mol. The molecule has 0 spiro atoms. The van der Waals surface area contributed by atoms with Crippen molar-refractivity contribution in [3.8, 4) is 17.1 Å². The number of hydrogen-bond acceptors (Lipinski definition) is 5. The van der Waals surface area contributed by atoms with Gasteiger partial charge in [0.05, 0.1) is 12.7 Å². The van der Waals surface area contributed by atoms with Crippen molar-refractivity contribution in [2.75, 3.05) is 7.11 Å². The van der Waals surface area contributed by atoms with Gasteiger partial charge in [-0.25, -0.2) is 14.4 Å². The minimum atomic E-state index is -1.09. The molecule has 8 heteroatoms. The monoisotopic (exact) mass is 356 g/mol. The highest BCUT2D eigenvalue weighted by Crippen LogP contribution is 2.22. The number of ether oxygens (including phenoxy) is 1. The first-order valence-corrected chi connectivity index (χ1v) is 7.61. The number of pyridine rings is 1. The Bertz CT molecular complexity index is 918. The molecule has 3 aromatic rings. The van der Waals surface area contributed by atoms with Crippen LogP contribution < -0.4 is 10.1 Å². The van der Waals surface area contributed by atoms with Crippen molar-refractivity contribution in [1.82, 2.24) is 20.3 Å². The van der Waals surface area contributed by atoms with Crippen molar-refractivity contribution in [3.05, 3.63) is 71.8 Å². The van der Waals surface area contributed by atoms with Crippen LogP contribution in [0.2, 0.25) is 0 Å². The molecule has 0 unspecified atom stereocenters. The summed E-state index contributed by atoms with van der Waals surface area (Å²) in [6.45, 7) is -0.183. The fourth-order valence-corrected chi connectivity index (χ4v) is 2.24. The molecule has 0 aliphatic heterocycles. The second kappa shape index (κ2) is 7.64. The zero-order valence-electron chi connectivity index (χ0n) is 13.7. The smallest absolute Gasteiger partial charge is 0.254 e. The molecule has 0 aliphatic rings. The average Bonchev–Trinajstić information content (AvgIpc) is 2.70. The Morgan fingerprint density at radius 2 is 1.77 bits per heavy atom. The van der Waals surface area contributed by atoms with E-state index in [1.165, 1.54) is 31.6 Å². The third kappa shape index (κ3) is 3.64. The lowest BCUT2D eigenvalue weighted by molar-refractivity contribution is 0.0949. The number of carbonyl (C=O) groups excluding carboxylic acids is 1. The van der Waals surface area contributed by atoms with Crippen LogP contribution in [-0.2, 0) is 6.54 Å². The first kappa shape index (κ1) is 17.4. The zero-order chi connectivity index (χ0) is 18.5. The van der Waals surface area contributed by atoms with Gasteiger partial charge in [-0.15, -0.1) is 0 Å². The number of nitrogens with zero attached hydrogens (tertiary/aromatic N) is 3. The third-order valence-corrected chi connectivity index (χ3v) is 3.64. The van der Waals surface area contributed by atoms with E-state index in [1.54, 1.807) is 24.5 Å². The summed E-state index contributed by atoms with van der Waals surface area (Å²) < 4.78 is 32.3. The predicted octanol–water partition coefficient (Wildman–Crippen LogP) is 2.76. The largest absolute Gasteiger partial charge is 0.494 e. The summed E-state index contributed by atoms with van der Waals surface area (Å²) in [6.07, 6.45) is 5.95. The highest BCUT2D eigenvalue weighted by Gasteiger charge is 2.15. The van der Waals surface area contributed by atoms with E-state index in [9.17, 15) is 13.6 Å². The Labute approximate surface area is 147 Å². The minimum absolute atomic E-state index is 0.00553. The molecule has 0 fully saturated rings. The van der Waals surface area contributed by atoms with Gasteiger partial charge >= 0.3 is 0 Å². The van der Waals surface area contributed by atoms with Crippen molar-refractivity contribution in [2.45, 2.75) is 6.54 Å². The maximum atomic E-state index is 13.9. The van der Waals surface area contributed by atoms with Crippen LogP contribution >= 0.6 is 0 Å². The quantitative estimate of drug-likeness (QED) is 0.761. The molecule has 6 nitrogen and oxygen atoms in total. The number of halogens is 2. The SMILES string of the molecule is COc1ccc(CNC(=O)c2cnc(-c3ccncc3)nc2)c(F)c1F. The van der Waals surface area contributed by atoms with Gasteiger partial charge in [0.1, 0.15) is 0 Å². The van der Waals surface area contributed by atoms with Gasteiger partial charge in [0.25, 0.3) is 5.91 Å². The van der Waals surface area contributed by atoms with Crippen LogP contribution in [0.3, 0.4) is 0 Å². The number of nitrogens with one attached hydrogen (secondary N) is 1. The van der Waals surface area contributed by atoms with E-state index in [-0.39, 0.29) is 23.4 Å². The average molecular weight is 356 g/mol. The first-order valence-electron chi connectivity index (χ1n) is 7.61. The number of amides is 1. The number of carbonyl (C=O) groups is 1. The van der Waals surface area contributed by atoms with Crippen LogP contribution in [0, 0.1) is 11.6 Å². The minimum Gasteiger partial charge on any atom is -0.494 e. The van der Waals surface area contributed by atoms with Gasteiger partial charge in [0.15, 0.2) is 17.4 Å². The van der Waals surface area contributed by atoms with Gasteiger partial charge in [-0.2, -0.15) is 4.39 Å². The molecule has 1 aromatic carbocycles. The summed E-state index contributed by atoms with van der Waals surface area (Å²) in [6, 6.07) is 6.14. The molecule has 0 aliphatic carbocycles. The fraction of sp³-hybridized carbons (Fsp3) is 0.111. The van der Waals surface area contributed by atoms with Gasteiger partial charge in [0, 0.05) is 42.5 Å². The molecular formula is C18H14F2N4O2. The van der Waals surface area contributed by atoms with E-state index in [4.69, 9.17) is 4.74 Å². The van der Waals surface area contributed by atoms with Crippen LogP contribution in [0.4, 0.5) is 8.78 Å². The Kier molecular flexibility index (Phi) is 5.12. The van der Waals surface area contributed by atoms with Gasteiger partial charge in [-0.3, -0.25) is 9.78 Å². The zero-order valence-corrected chi connectivity index (χ0v) is 13.7.